The van der Waals surface area contributed by atoms with Crippen molar-refractivity contribution in [3.63, 3.8) is 0 Å². The molecule has 8 heavy (non-hydrogen) atoms. The smallest absolute Gasteiger partial charge is 0.0134 e. The van der Waals surface area contributed by atoms with Gasteiger partial charge in [0.1, 0.15) is 0 Å². The first-order valence-corrected chi connectivity index (χ1v) is 2.98. The number of rotatable bonds is 1. The Labute approximate surface area is 50.2 Å². The van der Waals surface area contributed by atoms with Gasteiger partial charge in [-0.1, -0.05) is 25.3 Å². The zero-order valence-corrected chi connectivity index (χ0v) is 5.31. The van der Waals surface area contributed by atoms with E-state index in [1.807, 2.05) is 0 Å². The molecule has 0 N–H and O–H groups in total. The van der Waals surface area contributed by atoms with Crippen molar-refractivity contribution in [2.45, 2.75) is 13.8 Å². The van der Waals surface area contributed by atoms with E-state index in [0.717, 1.165) is 0 Å². The first-order chi connectivity index (χ1) is 3.80. The highest BCUT2D eigenvalue weighted by Gasteiger charge is 2.05. The van der Waals surface area contributed by atoms with E-state index < -0.39 is 0 Å². The van der Waals surface area contributed by atoms with Crippen molar-refractivity contribution in [2.24, 2.45) is 11.8 Å². The van der Waals surface area contributed by atoms with Crippen LogP contribution in [-0.2, 0) is 0 Å². The highest BCUT2D eigenvalue weighted by molar-refractivity contribution is 5.07. The first kappa shape index (κ1) is 5.44. The summed E-state index contributed by atoms with van der Waals surface area (Å²) in [6, 6.07) is 0. The van der Waals surface area contributed by atoms with Crippen LogP contribution in [0.3, 0.4) is 0 Å². The molecule has 0 atom stereocenters. The molecule has 0 amide bonds. The third kappa shape index (κ3) is 0.924. The molecule has 1 rings (SSSR count). The van der Waals surface area contributed by atoms with Gasteiger partial charge < -0.3 is 0 Å². The minimum Gasteiger partial charge on any atom is -0.0743 e. The summed E-state index contributed by atoms with van der Waals surface area (Å²) in [6.07, 6.45) is 4.12. The maximum atomic E-state index is 2.92. The predicted octanol–water partition coefficient (Wildman–Crippen LogP) is 2.14. The van der Waals surface area contributed by atoms with Crippen molar-refractivity contribution >= 4 is 0 Å². The topological polar surface area (TPSA) is 0 Å². The Bertz CT molecular complexity index is 146. The van der Waals surface area contributed by atoms with Crippen LogP contribution >= 0.6 is 0 Å². The molecule has 1 aliphatic carbocycles. The van der Waals surface area contributed by atoms with Gasteiger partial charge in [-0.25, -0.2) is 0 Å². The fourth-order valence-electron chi connectivity index (χ4n) is 0.722. The lowest BCUT2D eigenvalue weighted by Crippen LogP contribution is -1.98. The van der Waals surface area contributed by atoms with E-state index in [1.165, 1.54) is 0 Å². The van der Waals surface area contributed by atoms with Crippen molar-refractivity contribution in [2.75, 3.05) is 0 Å². The van der Waals surface area contributed by atoms with Crippen molar-refractivity contribution in [1.82, 2.24) is 0 Å². The van der Waals surface area contributed by atoms with Crippen molar-refractivity contribution in [3.8, 4) is 0 Å². The maximum Gasteiger partial charge on any atom is 0.0134 e. The second-order valence-corrected chi connectivity index (χ2v) is 2.44. The summed E-state index contributed by atoms with van der Waals surface area (Å²) in [5.41, 5.74) is 5.85. The molecule has 0 saturated carbocycles. The summed E-state index contributed by atoms with van der Waals surface area (Å²) in [7, 11) is 0. The fraction of sp³-hybridized carbons (Fsp3) is 0.500. The molecule has 0 aromatic carbocycles. The van der Waals surface area contributed by atoms with Gasteiger partial charge in [0.2, 0.25) is 0 Å². The summed E-state index contributed by atoms with van der Waals surface area (Å²) in [5, 5.41) is 0. The molecule has 0 heterocycles. The van der Waals surface area contributed by atoms with E-state index >= 15 is 0 Å². The number of hydrogen-bond donors (Lipinski definition) is 0. The second kappa shape index (κ2) is 2.05. The number of hydrogen-bond acceptors (Lipinski definition) is 0. The molecule has 42 valence electrons. The molecule has 0 fully saturated rings. The van der Waals surface area contributed by atoms with Gasteiger partial charge in [0.15, 0.2) is 0 Å². The van der Waals surface area contributed by atoms with Crippen molar-refractivity contribution in [3.05, 3.63) is 23.6 Å². The number of allylic oxidation sites excluding steroid dienone is 2. The lowest BCUT2D eigenvalue weighted by Gasteiger charge is -2.05. The van der Waals surface area contributed by atoms with Crippen molar-refractivity contribution in [1.29, 1.82) is 0 Å². The van der Waals surface area contributed by atoms with Gasteiger partial charge in [0, 0.05) is 5.92 Å². The summed E-state index contributed by atoms with van der Waals surface area (Å²) >= 11 is 0. The van der Waals surface area contributed by atoms with Gasteiger partial charge in [-0.15, -0.1) is 0 Å². The third-order valence-electron chi connectivity index (χ3n) is 1.40. The molecule has 0 bridgehead atoms. The summed E-state index contributed by atoms with van der Waals surface area (Å²) < 4.78 is 0. The van der Waals surface area contributed by atoms with E-state index in [2.05, 4.69) is 37.5 Å². The Morgan fingerprint density at radius 1 is 1.25 bits per heavy atom. The summed E-state index contributed by atoms with van der Waals surface area (Å²) in [5.74, 6) is 1.30. The zero-order valence-electron chi connectivity index (χ0n) is 5.31. The van der Waals surface area contributed by atoms with Crippen LogP contribution in [0.25, 0.3) is 0 Å². The van der Waals surface area contributed by atoms with Crippen LogP contribution in [0.2, 0.25) is 0 Å². The van der Waals surface area contributed by atoms with Crippen LogP contribution < -0.4 is 0 Å². The van der Waals surface area contributed by atoms with Crippen LogP contribution in [0, 0.1) is 11.8 Å². The standard InChI is InChI=1S/C8H10/c1-7(2)8-5-3-4-6-8/h5-8H,1-2H3. The van der Waals surface area contributed by atoms with E-state index in [0.29, 0.717) is 11.8 Å². The Morgan fingerprint density at radius 3 is 2.00 bits per heavy atom. The van der Waals surface area contributed by atoms with E-state index in [9.17, 15) is 0 Å². The van der Waals surface area contributed by atoms with Crippen LogP contribution in [0.4, 0.5) is 0 Å². The first-order valence-electron chi connectivity index (χ1n) is 2.98. The fourth-order valence-corrected chi connectivity index (χ4v) is 0.722. The Hall–Kier alpha value is -0.700. The molecule has 0 aliphatic heterocycles. The maximum absolute atomic E-state index is 2.92. The van der Waals surface area contributed by atoms with E-state index in [-0.39, 0.29) is 0 Å². The summed E-state index contributed by atoms with van der Waals surface area (Å²) in [4.78, 5) is 0. The molecular formula is C8H10. The van der Waals surface area contributed by atoms with Gasteiger partial charge in [-0.3, -0.25) is 0 Å². The Morgan fingerprint density at radius 2 is 1.75 bits per heavy atom. The van der Waals surface area contributed by atoms with Crippen LogP contribution in [-0.4, -0.2) is 0 Å². The normalized spacial score (nSPS) is 16.9. The average Bonchev–Trinajstić information content (AvgIpc) is 2.12. The van der Waals surface area contributed by atoms with Gasteiger partial charge in [0.25, 0.3) is 0 Å². The molecule has 0 spiro atoms. The predicted molar refractivity (Wildman–Crippen MR) is 34.5 cm³/mol. The van der Waals surface area contributed by atoms with Gasteiger partial charge in [-0.2, -0.15) is 0 Å². The molecule has 0 nitrogen and oxygen atoms in total. The summed E-state index contributed by atoms with van der Waals surface area (Å²) in [6.45, 7) is 4.40. The molecule has 1 aliphatic rings. The van der Waals surface area contributed by atoms with Gasteiger partial charge >= 0.3 is 0 Å². The van der Waals surface area contributed by atoms with Gasteiger partial charge in [0.05, 0.1) is 0 Å². The molecule has 0 unspecified atom stereocenters. The quantitative estimate of drug-likeness (QED) is 0.449. The van der Waals surface area contributed by atoms with E-state index in [1.54, 1.807) is 0 Å². The minimum absolute atomic E-state index is 0.593. The zero-order chi connectivity index (χ0) is 5.98. The van der Waals surface area contributed by atoms with Gasteiger partial charge in [-0.05, 0) is 18.1 Å². The largest absolute Gasteiger partial charge is 0.0743 e. The lowest BCUT2D eigenvalue weighted by atomic mass is 9.98. The SMILES string of the molecule is CC(C)C1C=C=C=C1. The van der Waals surface area contributed by atoms with Crippen molar-refractivity contribution < 1.29 is 0 Å². The average molecular weight is 106 g/mol. The Balaban J connectivity index is 2.59. The second-order valence-electron chi connectivity index (χ2n) is 2.44. The third-order valence-corrected chi connectivity index (χ3v) is 1.40. The molecular weight excluding hydrogens is 96.1 g/mol. The highest BCUT2D eigenvalue weighted by Crippen LogP contribution is 2.14. The molecule has 0 radical (unpaired) electrons. The molecule has 0 aromatic heterocycles. The Kier molecular flexibility index (Phi) is 1.39. The van der Waals surface area contributed by atoms with Crippen LogP contribution in [0.1, 0.15) is 13.8 Å². The monoisotopic (exact) mass is 106 g/mol. The highest BCUT2D eigenvalue weighted by atomic mass is 14.1. The molecule has 0 aromatic rings. The van der Waals surface area contributed by atoms with E-state index in [4.69, 9.17) is 0 Å². The minimum atomic E-state index is 0.593. The van der Waals surface area contributed by atoms with Crippen LogP contribution in [0.5, 0.6) is 0 Å². The molecule has 0 heteroatoms. The van der Waals surface area contributed by atoms with Crippen LogP contribution in [0.15, 0.2) is 23.6 Å². The molecule has 0 saturated heterocycles. The lowest BCUT2D eigenvalue weighted by molar-refractivity contribution is 0.554.